The Morgan fingerprint density at radius 1 is 1.37 bits per heavy atom. The Labute approximate surface area is 117 Å². The van der Waals surface area contributed by atoms with E-state index in [1.807, 2.05) is 11.8 Å². The van der Waals surface area contributed by atoms with Crippen molar-refractivity contribution in [3.63, 3.8) is 0 Å². The summed E-state index contributed by atoms with van der Waals surface area (Å²) in [4.78, 5) is 0.425. The molecule has 6 heteroatoms. The van der Waals surface area contributed by atoms with E-state index in [1.54, 1.807) is 22.5 Å². The summed E-state index contributed by atoms with van der Waals surface area (Å²) in [5.41, 5.74) is 1.01. The Balaban J connectivity index is 1.71. The van der Waals surface area contributed by atoms with Crippen LogP contribution in [0.3, 0.4) is 0 Å². The molecule has 0 N–H and O–H groups in total. The summed E-state index contributed by atoms with van der Waals surface area (Å²) in [6.45, 7) is 1.33. The van der Waals surface area contributed by atoms with Crippen LogP contribution in [0.1, 0.15) is 12.0 Å². The average Bonchev–Trinajstić information content (AvgIpc) is 3.13. The minimum absolute atomic E-state index is 0.199. The molecule has 19 heavy (non-hydrogen) atoms. The number of nitrogens with zero attached hydrogens (tertiary/aromatic N) is 1. The standard InChI is InChI=1S/C13H15NO3S2/c15-19(16,14-7-11-6-10(14)8-18-11)12-1-2-13-9(5-12)3-4-17-13/h1-2,5,10-11H,3-4,6-8H2/t10-,11+/m0/s1. The average molecular weight is 297 g/mol. The van der Waals surface area contributed by atoms with Crippen molar-refractivity contribution in [2.75, 3.05) is 18.9 Å². The minimum Gasteiger partial charge on any atom is -0.493 e. The molecular formula is C13H15NO3S2. The largest absolute Gasteiger partial charge is 0.493 e. The van der Waals surface area contributed by atoms with Gasteiger partial charge in [-0.15, -0.1) is 0 Å². The fraction of sp³-hybridized carbons (Fsp3) is 0.538. The first-order valence-electron chi connectivity index (χ1n) is 6.54. The van der Waals surface area contributed by atoms with Gasteiger partial charge in [0.2, 0.25) is 10.0 Å². The zero-order valence-corrected chi connectivity index (χ0v) is 12.0. The predicted octanol–water partition coefficient (Wildman–Crippen LogP) is 1.50. The molecule has 2 saturated heterocycles. The molecule has 3 heterocycles. The summed E-state index contributed by atoms with van der Waals surface area (Å²) < 4.78 is 32.5. The second kappa shape index (κ2) is 4.14. The van der Waals surface area contributed by atoms with E-state index >= 15 is 0 Å². The Morgan fingerprint density at radius 3 is 3.00 bits per heavy atom. The highest BCUT2D eigenvalue weighted by atomic mass is 32.2. The number of hydrogen-bond donors (Lipinski definition) is 0. The third kappa shape index (κ3) is 1.80. The third-order valence-electron chi connectivity index (χ3n) is 4.12. The minimum atomic E-state index is -3.33. The number of benzene rings is 1. The van der Waals surface area contributed by atoms with Crippen molar-refractivity contribution in [3.05, 3.63) is 23.8 Å². The number of rotatable bonds is 2. The molecule has 2 fully saturated rings. The van der Waals surface area contributed by atoms with E-state index < -0.39 is 10.0 Å². The van der Waals surface area contributed by atoms with E-state index in [1.165, 1.54) is 0 Å². The summed E-state index contributed by atoms with van der Waals surface area (Å²) in [6.07, 6.45) is 1.82. The van der Waals surface area contributed by atoms with Gasteiger partial charge in [0, 0.05) is 30.0 Å². The van der Waals surface area contributed by atoms with Crippen LogP contribution in [0, 0.1) is 0 Å². The molecule has 4 rings (SSSR count). The van der Waals surface area contributed by atoms with Crippen molar-refractivity contribution in [2.45, 2.75) is 29.0 Å². The van der Waals surface area contributed by atoms with Crippen LogP contribution < -0.4 is 4.74 Å². The number of hydrogen-bond acceptors (Lipinski definition) is 4. The van der Waals surface area contributed by atoms with Crippen LogP contribution >= 0.6 is 11.8 Å². The quantitative estimate of drug-likeness (QED) is 0.830. The van der Waals surface area contributed by atoms with Gasteiger partial charge in [0.05, 0.1) is 11.5 Å². The lowest BCUT2D eigenvalue weighted by atomic mass is 10.2. The molecule has 2 atom stereocenters. The van der Waals surface area contributed by atoms with E-state index in [-0.39, 0.29) is 6.04 Å². The molecule has 2 bridgehead atoms. The van der Waals surface area contributed by atoms with E-state index in [4.69, 9.17) is 4.74 Å². The maximum Gasteiger partial charge on any atom is 0.243 e. The molecule has 0 unspecified atom stereocenters. The van der Waals surface area contributed by atoms with Crippen LogP contribution in [0.4, 0.5) is 0 Å². The molecule has 0 amide bonds. The molecule has 1 aromatic rings. The first-order chi connectivity index (χ1) is 9.14. The van der Waals surface area contributed by atoms with Gasteiger partial charge in [0.25, 0.3) is 0 Å². The van der Waals surface area contributed by atoms with Gasteiger partial charge in [0.15, 0.2) is 0 Å². The maximum absolute atomic E-state index is 12.7. The van der Waals surface area contributed by atoms with Gasteiger partial charge in [-0.2, -0.15) is 16.1 Å². The third-order valence-corrected chi connectivity index (χ3v) is 7.42. The van der Waals surface area contributed by atoms with Gasteiger partial charge in [-0.1, -0.05) is 0 Å². The smallest absolute Gasteiger partial charge is 0.243 e. The summed E-state index contributed by atoms with van der Waals surface area (Å²) in [6, 6.07) is 5.46. The van der Waals surface area contributed by atoms with Gasteiger partial charge < -0.3 is 4.74 Å². The highest BCUT2D eigenvalue weighted by Crippen LogP contribution is 2.40. The molecule has 0 radical (unpaired) electrons. The van der Waals surface area contributed by atoms with Gasteiger partial charge in [-0.25, -0.2) is 8.42 Å². The molecular weight excluding hydrogens is 282 g/mol. The SMILES string of the molecule is O=S(=O)(c1ccc2c(c1)CCO2)N1C[C@H]2C[C@H]1CS2. The van der Waals surface area contributed by atoms with Gasteiger partial charge >= 0.3 is 0 Å². The van der Waals surface area contributed by atoms with Gasteiger partial charge in [0.1, 0.15) is 5.75 Å². The molecule has 3 aliphatic heterocycles. The topological polar surface area (TPSA) is 46.6 Å². The highest BCUT2D eigenvalue weighted by Gasteiger charge is 2.45. The summed E-state index contributed by atoms with van der Waals surface area (Å²) in [5, 5.41) is 0.498. The van der Waals surface area contributed by atoms with Crippen LogP contribution in [0.5, 0.6) is 5.75 Å². The molecule has 0 aromatic heterocycles. The second-order valence-electron chi connectivity index (χ2n) is 5.29. The Hall–Kier alpha value is -0.720. The summed E-state index contributed by atoms with van der Waals surface area (Å²) in [7, 11) is -3.33. The number of sulfonamides is 1. The summed E-state index contributed by atoms with van der Waals surface area (Å²) in [5.74, 6) is 1.77. The second-order valence-corrected chi connectivity index (χ2v) is 8.51. The number of ether oxygens (including phenoxy) is 1. The van der Waals surface area contributed by atoms with Gasteiger partial charge in [-0.3, -0.25) is 0 Å². The molecule has 0 saturated carbocycles. The zero-order valence-electron chi connectivity index (χ0n) is 10.4. The molecule has 4 nitrogen and oxygen atoms in total. The van der Waals surface area contributed by atoms with Crippen LogP contribution in [0.2, 0.25) is 0 Å². The van der Waals surface area contributed by atoms with E-state index in [0.29, 0.717) is 23.3 Å². The zero-order chi connectivity index (χ0) is 13.0. The number of fused-ring (bicyclic) bond motifs is 3. The lowest BCUT2D eigenvalue weighted by Gasteiger charge is -2.25. The Morgan fingerprint density at radius 2 is 2.26 bits per heavy atom. The van der Waals surface area contributed by atoms with Crippen LogP contribution in [0.25, 0.3) is 0 Å². The predicted molar refractivity (Wildman–Crippen MR) is 74.2 cm³/mol. The van der Waals surface area contributed by atoms with Crippen molar-refractivity contribution in [1.29, 1.82) is 0 Å². The molecule has 1 aromatic carbocycles. The van der Waals surface area contributed by atoms with Crippen molar-refractivity contribution in [1.82, 2.24) is 4.31 Å². The monoisotopic (exact) mass is 297 g/mol. The molecule has 3 aliphatic rings. The van der Waals surface area contributed by atoms with Crippen molar-refractivity contribution in [2.24, 2.45) is 0 Å². The molecule has 0 aliphatic carbocycles. The number of thioether (sulfide) groups is 1. The van der Waals surface area contributed by atoms with E-state index in [0.717, 1.165) is 29.9 Å². The first-order valence-corrected chi connectivity index (χ1v) is 9.03. The van der Waals surface area contributed by atoms with Crippen LogP contribution in [-0.4, -0.2) is 42.9 Å². The Bertz CT molecular complexity index is 629. The van der Waals surface area contributed by atoms with Crippen molar-refractivity contribution >= 4 is 21.8 Å². The van der Waals surface area contributed by atoms with Crippen LogP contribution in [-0.2, 0) is 16.4 Å². The van der Waals surface area contributed by atoms with Crippen molar-refractivity contribution < 1.29 is 13.2 Å². The fourth-order valence-electron chi connectivity index (χ4n) is 3.12. The highest BCUT2D eigenvalue weighted by molar-refractivity contribution is 8.00. The normalized spacial score (nSPS) is 29.5. The maximum atomic E-state index is 12.7. The molecule has 102 valence electrons. The van der Waals surface area contributed by atoms with Gasteiger partial charge in [-0.05, 0) is 30.2 Å². The fourth-order valence-corrected chi connectivity index (χ4v) is 6.47. The molecule has 0 spiro atoms. The first kappa shape index (κ1) is 12.1. The lowest BCUT2D eigenvalue weighted by molar-refractivity contribution is 0.356. The van der Waals surface area contributed by atoms with Crippen LogP contribution in [0.15, 0.2) is 23.1 Å². The van der Waals surface area contributed by atoms with Crippen molar-refractivity contribution in [3.8, 4) is 5.75 Å². The Kier molecular flexibility index (Phi) is 2.62. The lowest BCUT2D eigenvalue weighted by Crippen LogP contribution is -2.39. The summed E-state index contributed by atoms with van der Waals surface area (Å²) >= 11 is 1.90. The van der Waals surface area contributed by atoms with E-state index in [9.17, 15) is 8.42 Å². The van der Waals surface area contributed by atoms with E-state index in [2.05, 4.69) is 0 Å².